The van der Waals surface area contributed by atoms with Gasteiger partial charge in [-0.25, -0.2) is 0 Å². The molecule has 3 aromatic carbocycles. The van der Waals surface area contributed by atoms with E-state index < -0.39 is 23.4 Å². The van der Waals surface area contributed by atoms with E-state index in [1.807, 2.05) is 0 Å². The Kier molecular flexibility index (Phi) is 3.93. The summed E-state index contributed by atoms with van der Waals surface area (Å²) in [6.07, 6.45) is 0. The number of amides is 2. The Morgan fingerprint density at radius 2 is 1.23 bits per heavy atom. The van der Waals surface area contributed by atoms with Crippen molar-refractivity contribution in [2.24, 2.45) is 0 Å². The van der Waals surface area contributed by atoms with Gasteiger partial charge in [0, 0.05) is 5.56 Å². The fraction of sp³-hybridized carbons (Fsp3) is 0. The van der Waals surface area contributed by atoms with Crippen LogP contribution in [-0.2, 0) is 9.59 Å². The maximum absolute atomic E-state index is 13.4. The average Bonchev–Trinajstić information content (AvgIpc) is 3.05. The van der Waals surface area contributed by atoms with E-state index in [4.69, 9.17) is 0 Å². The van der Waals surface area contributed by atoms with E-state index in [2.05, 4.69) is 0 Å². The largest absolute Gasteiger partial charge is 0.305 e. The van der Waals surface area contributed by atoms with Gasteiger partial charge in [0.25, 0.3) is 11.7 Å². The molecule has 0 fully saturated rings. The minimum absolute atomic E-state index is 0.0197. The number of carbonyl (C=O) groups excluding carboxylic acids is 4. The predicted molar refractivity (Wildman–Crippen MR) is 110 cm³/mol. The summed E-state index contributed by atoms with van der Waals surface area (Å²) in [6.45, 7) is 0. The van der Waals surface area contributed by atoms with E-state index in [0.29, 0.717) is 11.4 Å². The van der Waals surface area contributed by atoms with Crippen LogP contribution in [0.1, 0.15) is 20.7 Å². The molecule has 2 aliphatic heterocycles. The summed E-state index contributed by atoms with van der Waals surface area (Å²) in [5.41, 5.74) is 0.983. The molecule has 0 N–H and O–H groups in total. The molecule has 144 valence electrons. The molecule has 2 amide bonds. The maximum atomic E-state index is 13.4. The van der Waals surface area contributed by atoms with Gasteiger partial charge in [-0.15, -0.1) is 0 Å². The second-order valence-electron chi connectivity index (χ2n) is 6.86. The van der Waals surface area contributed by atoms with Crippen LogP contribution in [0.5, 0.6) is 0 Å². The summed E-state index contributed by atoms with van der Waals surface area (Å²) < 4.78 is 0. The number of hydrogen-bond donors (Lipinski definition) is 0. The second-order valence-corrected chi connectivity index (χ2v) is 6.86. The van der Waals surface area contributed by atoms with Crippen LogP contribution in [0.25, 0.3) is 0 Å². The van der Waals surface area contributed by atoms with Crippen molar-refractivity contribution < 1.29 is 19.2 Å². The van der Waals surface area contributed by atoms with E-state index in [1.54, 1.807) is 84.9 Å². The molecular weight excluding hydrogens is 380 g/mol. The molecule has 0 unspecified atom stereocenters. The Morgan fingerprint density at radius 1 is 0.633 bits per heavy atom. The third-order valence-corrected chi connectivity index (χ3v) is 5.13. The SMILES string of the molecule is O=C1C(=O)N2C(=C1C(=O)c1ccccc1)N(c1ccccc1)C(=O)c1ccccc12. The van der Waals surface area contributed by atoms with Crippen LogP contribution in [0.15, 0.2) is 96.3 Å². The van der Waals surface area contributed by atoms with Crippen LogP contribution >= 0.6 is 0 Å². The van der Waals surface area contributed by atoms with Gasteiger partial charge in [0.05, 0.1) is 16.9 Å². The number of benzene rings is 3. The lowest BCUT2D eigenvalue weighted by molar-refractivity contribution is -0.132. The number of anilines is 2. The molecule has 2 aliphatic rings. The second kappa shape index (κ2) is 6.63. The molecule has 0 bridgehead atoms. The van der Waals surface area contributed by atoms with Crippen LogP contribution in [0.3, 0.4) is 0 Å². The van der Waals surface area contributed by atoms with Crippen molar-refractivity contribution in [2.45, 2.75) is 0 Å². The van der Waals surface area contributed by atoms with Gasteiger partial charge >= 0.3 is 5.91 Å². The van der Waals surface area contributed by atoms with E-state index in [-0.39, 0.29) is 22.5 Å². The molecule has 0 spiro atoms. The van der Waals surface area contributed by atoms with Gasteiger partial charge < -0.3 is 0 Å². The third kappa shape index (κ3) is 2.44. The molecule has 0 aliphatic carbocycles. The number of ketones is 2. The van der Waals surface area contributed by atoms with Crippen molar-refractivity contribution in [1.29, 1.82) is 0 Å². The lowest BCUT2D eigenvalue weighted by Gasteiger charge is -2.36. The van der Waals surface area contributed by atoms with Gasteiger partial charge in [-0.3, -0.25) is 29.0 Å². The van der Waals surface area contributed by atoms with Crippen molar-refractivity contribution in [3.63, 3.8) is 0 Å². The minimum atomic E-state index is -0.927. The summed E-state index contributed by atoms with van der Waals surface area (Å²) in [7, 11) is 0. The number of nitrogens with zero attached hydrogens (tertiary/aromatic N) is 2. The number of hydrogen-bond acceptors (Lipinski definition) is 4. The van der Waals surface area contributed by atoms with Gasteiger partial charge in [0.2, 0.25) is 5.78 Å². The third-order valence-electron chi connectivity index (χ3n) is 5.13. The Morgan fingerprint density at radius 3 is 1.93 bits per heavy atom. The molecule has 6 nitrogen and oxygen atoms in total. The zero-order chi connectivity index (χ0) is 20.8. The highest BCUT2D eigenvalue weighted by molar-refractivity contribution is 6.58. The van der Waals surface area contributed by atoms with Crippen LogP contribution in [-0.4, -0.2) is 23.4 Å². The normalized spacial score (nSPS) is 15.4. The molecule has 5 rings (SSSR count). The minimum Gasteiger partial charge on any atom is -0.288 e. The number of fused-ring (bicyclic) bond motifs is 3. The van der Waals surface area contributed by atoms with Gasteiger partial charge in [-0.05, 0) is 24.3 Å². The summed E-state index contributed by atoms with van der Waals surface area (Å²) in [5, 5.41) is 0. The number of rotatable bonds is 3. The lowest BCUT2D eigenvalue weighted by Crippen LogP contribution is -2.45. The highest BCUT2D eigenvalue weighted by Gasteiger charge is 2.50. The fourth-order valence-corrected chi connectivity index (χ4v) is 3.77. The number of carbonyl (C=O) groups is 4. The zero-order valence-corrected chi connectivity index (χ0v) is 15.6. The van der Waals surface area contributed by atoms with Crippen molar-refractivity contribution in [2.75, 3.05) is 9.80 Å². The lowest BCUT2D eigenvalue weighted by atomic mass is 10.00. The molecule has 2 heterocycles. The van der Waals surface area contributed by atoms with Crippen molar-refractivity contribution in [3.8, 4) is 0 Å². The summed E-state index contributed by atoms with van der Waals surface area (Å²) in [5.74, 6) is -2.81. The van der Waals surface area contributed by atoms with Gasteiger partial charge in [0.1, 0.15) is 11.4 Å². The topological polar surface area (TPSA) is 74.8 Å². The number of Topliss-reactive ketones (excluding diaryl/α,β-unsaturated/α-hetero) is 2. The Bertz CT molecular complexity index is 1260. The first-order valence-electron chi connectivity index (χ1n) is 9.31. The first kappa shape index (κ1) is 17.8. The van der Waals surface area contributed by atoms with Crippen LogP contribution in [0.4, 0.5) is 11.4 Å². The van der Waals surface area contributed by atoms with E-state index in [9.17, 15) is 19.2 Å². The van der Waals surface area contributed by atoms with Crippen LogP contribution < -0.4 is 9.80 Å². The Hall–Kier alpha value is -4.32. The summed E-state index contributed by atoms with van der Waals surface area (Å²) >= 11 is 0. The monoisotopic (exact) mass is 394 g/mol. The number of para-hydroxylation sites is 2. The van der Waals surface area contributed by atoms with E-state index in [0.717, 1.165) is 0 Å². The van der Waals surface area contributed by atoms with Crippen molar-refractivity contribution >= 4 is 34.8 Å². The highest BCUT2D eigenvalue weighted by Crippen LogP contribution is 2.41. The summed E-state index contributed by atoms with van der Waals surface area (Å²) in [4.78, 5) is 55.0. The molecule has 6 heteroatoms. The zero-order valence-electron chi connectivity index (χ0n) is 15.6. The molecule has 0 aromatic heterocycles. The molecule has 0 saturated heterocycles. The van der Waals surface area contributed by atoms with Gasteiger partial charge in [-0.2, -0.15) is 0 Å². The Labute approximate surface area is 171 Å². The standard InChI is InChI=1S/C24H14N2O4/c27-20(15-9-3-1-4-10-15)19-21(28)24(30)26-18-14-8-7-13-17(18)23(29)25(22(19)26)16-11-5-2-6-12-16/h1-14H. The predicted octanol–water partition coefficient (Wildman–Crippen LogP) is 3.36. The fourth-order valence-electron chi connectivity index (χ4n) is 3.77. The van der Waals surface area contributed by atoms with E-state index >= 15 is 0 Å². The van der Waals surface area contributed by atoms with E-state index in [1.165, 1.54) is 9.80 Å². The smallest absolute Gasteiger partial charge is 0.288 e. The van der Waals surface area contributed by atoms with Gasteiger partial charge in [-0.1, -0.05) is 60.7 Å². The average molecular weight is 394 g/mol. The van der Waals surface area contributed by atoms with Crippen LogP contribution in [0.2, 0.25) is 0 Å². The molecule has 3 aromatic rings. The molecule has 0 radical (unpaired) electrons. The molecule has 0 saturated carbocycles. The first-order chi connectivity index (χ1) is 14.6. The van der Waals surface area contributed by atoms with Crippen molar-refractivity contribution in [1.82, 2.24) is 0 Å². The Balaban J connectivity index is 1.82. The first-order valence-corrected chi connectivity index (χ1v) is 9.31. The van der Waals surface area contributed by atoms with Gasteiger partial charge in [0.15, 0.2) is 0 Å². The summed E-state index contributed by atoms with van der Waals surface area (Å²) in [6, 6.07) is 23.4. The van der Waals surface area contributed by atoms with Crippen molar-refractivity contribution in [3.05, 3.63) is 107 Å². The molecule has 0 atom stereocenters. The maximum Gasteiger partial charge on any atom is 0.305 e. The molecule has 30 heavy (non-hydrogen) atoms. The van der Waals surface area contributed by atoms with Crippen LogP contribution in [0, 0.1) is 0 Å². The highest BCUT2D eigenvalue weighted by atomic mass is 16.2. The quantitative estimate of drug-likeness (QED) is 0.388. The molecular formula is C24H14N2O4.